The Bertz CT molecular complexity index is 704. The normalized spacial score (nSPS) is 10.8. The zero-order valence-corrected chi connectivity index (χ0v) is 11.5. The number of benzene rings is 2. The zero-order valence-electron chi connectivity index (χ0n) is 9.97. The predicted octanol–water partition coefficient (Wildman–Crippen LogP) is 4.84. The van der Waals surface area contributed by atoms with Crippen LogP contribution in [0.1, 0.15) is 4.88 Å². The van der Waals surface area contributed by atoms with Crippen molar-refractivity contribution in [2.24, 2.45) is 0 Å². The molecule has 0 spiro atoms. The Morgan fingerprint density at radius 3 is 2.63 bits per heavy atom. The molecule has 0 atom stereocenters. The Balaban J connectivity index is 1.78. The predicted molar refractivity (Wildman–Crippen MR) is 79.3 cm³/mol. The minimum atomic E-state index is 0.237. The first-order valence-electron chi connectivity index (χ1n) is 5.81. The van der Waals surface area contributed by atoms with Gasteiger partial charge in [0, 0.05) is 20.0 Å². The monoisotopic (exact) mass is 290 g/mol. The van der Waals surface area contributed by atoms with Gasteiger partial charge in [0.2, 0.25) is 0 Å². The molecule has 0 saturated carbocycles. The highest BCUT2D eigenvalue weighted by Gasteiger charge is 2.05. The summed E-state index contributed by atoms with van der Waals surface area (Å²) in [5.74, 6) is 0.974. The molecule has 96 valence electrons. The van der Waals surface area contributed by atoms with Crippen LogP contribution >= 0.6 is 22.9 Å². The van der Waals surface area contributed by atoms with Crippen LogP contribution in [-0.2, 0) is 6.61 Å². The lowest BCUT2D eigenvalue weighted by Gasteiger charge is -2.03. The third-order valence-corrected chi connectivity index (χ3v) is 4.18. The van der Waals surface area contributed by atoms with Crippen LogP contribution in [0.5, 0.6) is 11.5 Å². The van der Waals surface area contributed by atoms with E-state index in [1.54, 1.807) is 35.6 Å². The molecule has 0 unspecified atom stereocenters. The molecule has 4 heteroatoms. The maximum atomic E-state index is 9.20. The van der Waals surface area contributed by atoms with Crippen LogP contribution in [0.2, 0.25) is 5.02 Å². The van der Waals surface area contributed by atoms with Gasteiger partial charge in [-0.1, -0.05) is 17.7 Å². The fourth-order valence-electron chi connectivity index (χ4n) is 1.85. The number of phenols is 1. The molecule has 3 aromatic rings. The fourth-order valence-corrected chi connectivity index (χ4v) is 3.13. The lowest BCUT2D eigenvalue weighted by molar-refractivity contribution is 0.309. The second kappa shape index (κ2) is 5.11. The molecule has 0 fully saturated rings. The topological polar surface area (TPSA) is 29.5 Å². The Hall–Kier alpha value is -1.71. The number of phenolic OH excluding ortho intramolecular Hbond substituents is 1. The molecule has 2 nitrogen and oxygen atoms in total. The van der Waals surface area contributed by atoms with Crippen molar-refractivity contribution >= 4 is 33.0 Å². The minimum Gasteiger partial charge on any atom is -0.508 e. The first-order chi connectivity index (χ1) is 9.22. The number of thiophene rings is 1. The van der Waals surface area contributed by atoms with Crippen LogP contribution in [0.4, 0.5) is 0 Å². The van der Waals surface area contributed by atoms with Crippen molar-refractivity contribution in [3.8, 4) is 11.5 Å². The molecule has 19 heavy (non-hydrogen) atoms. The molecule has 0 aliphatic carbocycles. The van der Waals surface area contributed by atoms with Crippen molar-refractivity contribution in [1.29, 1.82) is 0 Å². The quantitative estimate of drug-likeness (QED) is 0.748. The van der Waals surface area contributed by atoms with Gasteiger partial charge in [-0.2, -0.15) is 0 Å². The summed E-state index contributed by atoms with van der Waals surface area (Å²) in [6.45, 7) is 0.500. The molecule has 1 N–H and O–H groups in total. The molecule has 0 saturated heterocycles. The minimum absolute atomic E-state index is 0.237. The molecule has 2 aromatic carbocycles. The van der Waals surface area contributed by atoms with Crippen LogP contribution in [0.25, 0.3) is 10.1 Å². The largest absolute Gasteiger partial charge is 0.508 e. The van der Waals surface area contributed by atoms with Crippen LogP contribution in [0.3, 0.4) is 0 Å². The highest BCUT2D eigenvalue weighted by Crippen LogP contribution is 2.31. The van der Waals surface area contributed by atoms with Gasteiger partial charge >= 0.3 is 0 Å². The summed E-state index contributed by atoms with van der Waals surface area (Å²) in [5, 5.41) is 11.0. The second-order valence-corrected chi connectivity index (χ2v) is 5.72. The molecule has 3 rings (SSSR count). The Labute approximate surface area is 119 Å². The average Bonchev–Trinajstić information content (AvgIpc) is 2.83. The number of rotatable bonds is 3. The number of fused-ring (bicyclic) bond motifs is 1. The standard InChI is InChI=1S/C15H11ClO2S/c16-14-2-1-3-15-13(14)8-12(19-15)9-18-11-6-4-10(17)5-7-11/h1-8,17H,9H2. The third-order valence-electron chi connectivity index (χ3n) is 2.78. The molecular formula is C15H11ClO2S. The SMILES string of the molecule is Oc1ccc(OCc2cc3c(Cl)cccc3s2)cc1. The lowest BCUT2D eigenvalue weighted by Crippen LogP contribution is -1.91. The number of halogens is 1. The van der Waals surface area contributed by atoms with Crippen LogP contribution in [0.15, 0.2) is 48.5 Å². The molecular weight excluding hydrogens is 280 g/mol. The van der Waals surface area contributed by atoms with E-state index in [0.29, 0.717) is 6.61 Å². The lowest BCUT2D eigenvalue weighted by atomic mass is 10.2. The summed E-state index contributed by atoms with van der Waals surface area (Å²) in [4.78, 5) is 1.12. The van der Waals surface area contributed by atoms with Gasteiger partial charge in [-0.3, -0.25) is 0 Å². The van der Waals surface area contributed by atoms with E-state index in [-0.39, 0.29) is 5.75 Å². The van der Waals surface area contributed by atoms with Gasteiger partial charge in [0.05, 0.1) is 0 Å². The van der Waals surface area contributed by atoms with Gasteiger partial charge in [-0.25, -0.2) is 0 Å². The van der Waals surface area contributed by atoms with Gasteiger partial charge in [0.1, 0.15) is 18.1 Å². The Kier molecular flexibility index (Phi) is 3.32. The van der Waals surface area contributed by atoms with E-state index in [0.717, 1.165) is 25.7 Å². The zero-order chi connectivity index (χ0) is 13.2. The second-order valence-electron chi connectivity index (χ2n) is 4.15. The summed E-state index contributed by atoms with van der Waals surface area (Å²) < 4.78 is 6.84. The number of aromatic hydroxyl groups is 1. The number of hydrogen-bond acceptors (Lipinski definition) is 3. The molecule has 0 amide bonds. The Morgan fingerprint density at radius 1 is 1.11 bits per heavy atom. The van der Waals surface area contributed by atoms with Crippen molar-refractivity contribution in [3.63, 3.8) is 0 Å². The van der Waals surface area contributed by atoms with Crippen LogP contribution < -0.4 is 4.74 Å². The fraction of sp³-hybridized carbons (Fsp3) is 0.0667. The number of hydrogen-bond donors (Lipinski definition) is 1. The Morgan fingerprint density at radius 2 is 1.89 bits per heavy atom. The molecule has 1 aromatic heterocycles. The van der Waals surface area contributed by atoms with Gasteiger partial charge < -0.3 is 9.84 Å². The van der Waals surface area contributed by atoms with Crippen molar-refractivity contribution in [1.82, 2.24) is 0 Å². The van der Waals surface area contributed by atoms with E-state index in [4.69, 9.17) is 16.3 Å². The van der Waals surface area contributed by atoms with Crippen molar-refractivity contribution in [3.05, 3.63) is 58.4 Å². The smallest absolute Gasteiger partial charge is 0.122 e. The number of ether oxygens (including phenoxy) is 1. The summed E-state index contributed by atoms with van der Waals surface area (Å²) in [6.07, 6.45) is 0. The molecule has 0 radical (unpaired) electrons. The van der Waals surface area contributed by atoms with Crippen molar-refractivity contribution < 1.29 is 9.84 Å². The van der Waals surface area contributed by atoms with E-state index >= 15 is 0 Å². The van der Waals surface area contributed by atoms with E-state index in [1.807, 2.05) is 12.1 Å². The third kappa shape index (κ3) is 2.67. The first kappa shape index (κ1) is 12.3. The maximum Gasteiger partial charge on any atom is 0.122 e. The molecule has 0 aliphatic heterocycles. The van der Waals surface area contributed by atoms with E-state index in [9.17, 15) is 5.11 Å². The van der Waals surface area contributed by atoms with Crippen molar-refractivity contribution in [2.75, 3.05) is 0 Å². The molecule has 0 bridgehead atoms. The van der Waals surface area contributed by atoms with Gasteiger partial charge in [-0.15, -0.1) is 11.3 Å². The summed E-state index contributed by atoms with van der Waals surface area (Å²) in [6, 6.07) is 14.7. The summed E-state index contributed by atoms with van der Waals surface area (Å²) >= 11 is 7.82. The maximum absolute atomic E-state index is 9.20. The highest BCUT2D eigenvalue weighted by molar-refractivity contribution is 7.19. The average molecular weight is 291 g/mol. The molecule has 1 heterocycles. The van der Waals surface area contributed by atoms with Gasteiger partial charge in [0.25, 0.3) is 0 Å². The van der Waals surface area contributed by atoms with E-state index in [2.05, 4.69) is 12.1 Å². The van der Waals surface area contributed by atoms with Gasteiger partial charge in [-0.05, 0) is 42.5 Å². The van der Waals surface area contributed by atoms with Crippen LogP contribution in [-0.4, -0.2) is 5.11 Å². The van der Waals surface area contributed by atoms with Gasteiger partial charge in [0.15, 0.2) is 0 Å². The highest BCUT2D eigenvalue weighted by atomic mass is 35.5. The summed E-state index contributed by atoms with van der Waals surface area (Å²) in [7, 11) is 0. The van der Waals surface area contributed by atoms with E-state index < -0.39 is 0 Å². The van der Waals surface area contributed by atoms with Crippen molar-refractivity contribution in [2.45, 2.75) is 6.61 Å². The molecule has 0 aliphatic rings. The van der Waals surface area contributed by atoms with Crippen LogP contribution in [0, 0.1) is 0 Å². The van der Waals surface area contributed by atoms with E-state index in [1.165, 1.54) is 0 Å². The summed E-state index contributed by atoms with van der Waals surface area (Å²) in [5.41, 5.74) is 0. The first-order valence-corrected chi connectivity index (χ1v) is 7.00.